The highest BCUT2D eigenvalue weighted by molar-refractivity contribution is 6.00. The molecule has 0 bridgehead atoms. The van der Waals surface area contributed by atoms with E-state index in [4.69, 9.17) is 0 Å². The largest absolute Gasteiger partial charge is 0.506 e. The van der Waals surface area contributed by atoms with Crippen molar-refractivity contribution >= 4 is 17.4 Å². The Morgan fingerprint density at radius 1 is 1.05 bits per heavy atom. The Kier molecular flexibility index (Phi) is 5.21. The zero-order valence-corrected chi connectivity index (χ0v) is 12.1. The Bertz CT molecular complexity index is 594. The van der Waals surface area contributed by atoms with Crippen LogP contribution in [-0.4, -0.2) is 11.1 Å². The minimum Gasteiger partial charge on any atom is -0.506 e. The maximum absolute atomic E-state index is 11.9. The first kappa shape index (κ1) is 14.9. The summed E-state index contributed by atoms with van der Waals surface area (Å²) in [5.41, 5.74) is 2.38. The van der Waals surface area contributed by atoms with Gasteiger partial charge in [-0.2, -0.15) is 0 Å². The SMILES string of the molecule is CCCCc1ccc(NC(=O)Nc2ccccc2O)cc1. The van der Waals surface area contributed by atoms with Gasteiger partial charge in [-0.25, -0.2) is 4.79 Å². The Morgan fingerprint density at radius 2 is 1.76 bits per heavy atom. The van der Waals surface area contributed by atoms with Crippen LogP contribution in [0.5, 0.6) is 5.75 Å². The van der Waals surface area contributed by atoms with Crippen molar-refractivity contribution in [2.75, 3.05) is 10.6 Å². The number of para-hydroxylation sites is 2. The van der Waals surface area contributed by atoms with E-state index in [1.165, 1.54) is 24.5 Å². The highest BCUT2D eigenvalue weighted by atomic mass is 16.3. The van der Waals surface area contributed by atoms with E-state index in [0.717, 1.165) is 12.1 Å². The highest BCUT2D eigenvalue weighted by Crippen LogP contribution is 2.21. The van der Waals surface area contributed by atoms with Crippen molar-refractivity contribution in [3.63, 3.8) is 0 Å². The number of phenolic OH excluding ortho intramolecular Hbond substituents is 1. The minimum atomic E-state index is -0.377. The number of phenols is 1. The molecule has 2 amide bonds. The lowest BCUT2D eigenvalue weighted by molar-refractivity contribution is 0.262. The summed E-state index contributed by atoms with van der Waals surface area (Å²) in [5.74, 6) is 0.0440. The van der Waals surface area contributed by atoms with Gasteiger partial charge >= 0.3 is 6.03 Å². The molecule has 0 aliphatic carbocycles. The minimum absolute atomic E-state index is 0.0440. The average molecular weight is 284 g/mol. The molecule has 0 saturated carbocycles. The molecule has 0 atom stereocenters. The molecule has 0 aliphatic rings. The zero-order valence-electron chi connectivity index (χ0n) is 12.1. The van der Waals surface area contributed by atoms with Crippen LogP contribution >= 0.6 is 0 Å². The van der Waals surface area contributed by atoms with Crippen LogP contribution in [0.3, 0.4) is 0 Å². The third-order valence-electron chi connectivity index (χ3n) is 3.18. The highest BCUT2D eigenvalue weighted by Gasteiger charge is 2.05. The fraction of sp³-hybridized carbons (Fsp3) is 0.235. The van der Waals surface area contributed by atoms with Crippen LogP contribution in [0.15, 0.2) is 48.5 Å². The second kappa shape index (κ2) is 7.33. The summed E-state index contributed by atoms with van der Waals surface area (Å²) >= 11 is 0. The maximum atomic E-state index is 11.9. The van der Waals surface area contributed by atoms with Gasteiger partial charge in [0.25, 0.3) is 0 Å². The van der Waals surface area contributed by atoms with Crippen molar-refractivity contribution in [2.45, 2.75) is 26.2 Å². The van der Waals surface area contributed by atoms with E-state index >= 15 is 0 Å². The smallest absolute Gasteiger partial charge is 0.323 e. The molecular formula is C17H20N2O2. The normalized spacial score (nSPS) is 10.1. The molecule has 110 valence electrons. The number of aryl methyl sites for hydroxylation is 1. The van der Waals surface area contributed by atoms with E-state index in [1.54, 1.807) is 18.2 Å². The van der Waals surface area contributed by atoms with Crippen LogP contribution in [0.1, 0.15) is 25.3 Å². The van der Waals surface area contributed by atoms with Gasteiger partial charge in [0.2, 0.25) is 0 Å². The summed E-state index contributed by atoms with van der Waals surface area (Å²) in [6, 6.07) is 14.0. The number of aromatic hydroxyl groups is 1. The number of carbonyl (C=O) groups excluding carboxylic acids is 1. The number of rotatable bonds is 5. The summed E-state index contributed by atoms with van der Waals surface area (Å²) in [5, 5.41) is 14.9. The summed E-state index contributed by atoms with van der Waals surface area (Å²) in [6.07, 6.45) is 3.39. The molecule has 4 nitrogen and oxygen atoms in total. The first-order valence-electron chi connectivity index (χ1n) is 7.14. The molecule has 4 heteroatoms. The van der Waals surface area contributed by atoms with Gasteiger partial charge in [0.1, 0.15) is 5.75 Å². The number of carbonyl (C=O) groups is 1. The van der Waals surface area contributed by atoms with Crippen LogP contribution in [0.25, 0.3) is 0 Å². The molecule has 2 rings (SSSR count). The van der Waals surface area contributed by atoms with Gasteiger partial charge in [-0.3, -0.25) is 0 Å². The first-order chi connectivity index (χ1) is 10.2. The summed E-state index contributed by atoms with van der Waals surface area (Å²) in [4.78, 5) is 11.9. The Balaban J connectivity index is 1.92. The molecule has 3 N–H and O–H groups in total. The van der Waals surface area contributed by atoms with E-state index in [1.807, 2.05) is 24.3 Å². The van der Waals surface area contributed by atoms with Gasteiger partial charge in [-0.15, -0.1) is 0 Å². The lowest BCUT2D eigenvalue weighted by atomic mass is 10.1. The molecule has 0 fully saturated rings. The van der Waals surface area contributed by atoms with E-state index in [2.05, 4.69) is 17.6 Å². The van der Waals surface area contributed by atoms with Crippen molar-refractivity contribution in [3.8, 4) is 5.75 Å². The number of hydrogen-bond donors (Lipinski definition) is 3. The third-order valence-corrected chi connectivity index (χ3v) is 3.18. The Morgan fingerprint density at radius 3 is 2.43 bits per heavy atom. The quantitative estimate of drug-likeness (QED) is 0.713. The van der Waals surface area contributed by atoms with E-state index in [0.29, 0.717) is 5.69 Å². The Labute approximate surface area is 124 Å². The second-order valence-corrected chi connectivity index (χ2v) is 4.90. The number of benzene rings is 2. The van der Waals surface area contributed by atoms with Gasteiger partial charge in [-0.1, -0.05) is 37.6 Å². The number of urea groups is 1. The number of nitrogens with one attached hydrogen (secondary N) is 2. The third kappa shape index (κ3) is 4.53. The second-order valence-electron chi connectivity index (χ2n) is 4.90. The van der Waals surface area contributed by atoms with Crippen molar-refractivity contribution in [1.29, 1.82) is 0 Å². The average Bonchev–Trinajstić information content (AvgIpc) is 2.49. The van der Waals surface area contributed by atoms with Gasteiger partial charge in [-0.05, 0) is 42.7 Å². The number of amides is 2. The Hall–Kier alpha value is -2.49. The summed E-state index contributed by atoms with van der Waals surface area (Å²) < 4.78 is 0. The van der Waals surface area contributed by atoms with Crippen LogP contribution in [0.4, 0.5) is 16.2 Å². The number of anilines is 2. The lowest BCUT2D eigenvalue weighted by Crippen LogP contribution is -2.19. The first-order valence-corrected chi connectivity index (χ1v) is 7.14. The summed E-state index contributed by atoms with van der Waals surface area (Å²) in [7, 11) is 0. The van der Waals surface area contributed by atoms with Crippen molar-refractivity contribution in [1.82, 2.24) is 0 Å². The fourth-order valence-corrected chi connectivity index (χ4v) is 2.00. The van der Waals surface area contributed by atoms with Crippen LogP contribution in [0, 0.1) is 0 Å². The standard InChI is InChI=1S/C17H20N2O2/c1-2-3-6-13-9-11-14(12-10-13)18-17(21)19-15-7-4-5-8-16(15)20/h4-5,7-12,20H,2-3,6H2,1H3,(H2,18,19,21). The predicted octanol–water partition coefficient (Wildman–Crippen LogP) is 4.38. The molecule has 0 unspecified atom stereocenters. The van der Waals surface area contributed by atoms with Crippen molar-refractivity contribution < 1.29 is 9.90 Å². The van der Waals surface area contributed by atoms with Gasteiger partial charge in [0, 0.05) is 5.69 Å². The van der Waals surface area contributed by atoms with Crippen molar-refractivity contribution in [3.05, 3.63) is 54.1 Å². The molecule has 0 heterocycles. The fourth-order valence-electron chi connectivity index (χ4n) is 2.00. The monoisotopic (exact) mass is 284 g/mol. The molecule has 0 radical (unpaired) electrons. The van der Waals surface area contributed by atoms with E-state index in [-0.39, 0.29) is 11.8 Å². The van der Waals surface area contributed by atoms with Crippen LogP contribution < -0.4 is 10.6 Å². The zero-order chi connectivity index (χ0) is 15.1. The molecule has 2 aromatic carbocycles. The predicted molar refractivity (Wildman–Crippen MR) is 85.8 cm³/mol. The summed E-state index contributed by atoms with van der Waals surface area (Å²) in [6.45, 7) is 2.17. The lowest BCUT2D eigenvalue weighted by Gasteiger charge is -2.09. The molecule has 0 aromatic heterocycles. The number of hydrogen-bond acceptors (Lipinski definition) is 2. The molecule has 21 heavy (non-hydrogen) atoms. The van der Waals surface area contributed by atoms with Crippen LogP contribution in [0.2, 0.25) is 0 Å². The molecule has 0 spiro atoms. The number of unbranched alkanes of at least 4 members (excludes halogenated alkanes) is 1. The van der Waals surface area contributed by atoms with Crippen molar-refractivity contribution in [2.24, 2.45) is 0 Å². The maximum Gasteiger partial charge on any atom is 0.323 e. The van der Waals surface area contributed by atoms with E-state index < -0.39 is 0 Å². The molecule has 0 saturated heterocycles. The molecule has 0 aliphatic heterocycles. The molecular weight excluding hydrogens is 264 g/mol. The van der Waals surface area contributed by atoms with Crippen LogP contribution in [-0.2, 0) is 6.42 Å². The topological polar surface area (TPSA) is 61.4 Å². The van der Waals surface area contributed by atoms with Gasteiger partial charge in [0.15, 0.2) is 0 Å². The van der Waals surface area contributed by atoms with Gasteiger partial charge < -0.3 is 15.7 Å². The van der Waals surface area contributed by atoms with Gasteiger partial charge in [0.05, 0.1) is 5.69 Å². The molecule has 2 aromatic rings. The van der Waals surface area contributed by atoms with E-state index in [9.17, 15) is 9.90 Å².